The number of aliphatic carboxylic acids is 1. The van der Waals surface area contributed by atoms with E-state index in [-0.39, 0.29) is 23.4 Å². The topological polar surface area (TPSA) is 37.3 Å². The lowest BCUT2D eigenvalue weighted by molar-refractivity contribution is -0.141. The molecule has 1 N–H and O–H groups in total. The minimum Gasteiger partial charge on any atom is -0.481 e. The van der Waals surface area contributed by atoms with Crippen molar-refractivity contribution in [2.45, 2.75) is 12.8 Å². The van der Waals surface area contributed by atoms with E-state index in [2.05, 4.69) is 0 Å². The van der Waals surface area contributed by atoms with Crippen LogP contribution >= 0.6 is 11.6 Å². The first kappa shape index (κ1) is 15.4. The van der Waals surface area contributed by atoms with E-state index in [0.717, 1.165) is 0 Å². The fourth-order valence-electron chi connectivity index (χ4n) is 2.15. The lowest BCUT2D eigenvalue weighted by Gasteiger charge is -2.14. The molecular formula is C16H13ClF2O2. The van der Waals surface area contributed by atoms with E-state index < -0.39 is 23.5 Å². The van der Waals surface area contributed by atoms with Crippen LogP contribution in [0.25, 0.3) is 0 Å². The summed E-state index contributed by atoms with van der Waals surface area (Å²) in [6.07, 6.45) is -0.0516. The molecule has 2 aromatic carbocycles. The first-order chi connectivity index (χ1) is 9.99. The van der Waals surface area contributed by atoms with Crippen LogP contribution < -0.4 is 0 Å². The summed E-state index contributed by atoms with van der Waals surface area (Å²) in [4.78, 5) is 11.3. The van der Waals surface area contributed by atoms with Crippen LogP contribution in [0.15, 0.2) is 42.5 Å². The predicted octanol–water partition coefficient (Wildman–Crippen LogP) is 4.10. The van der Waals surface area contributed by atoms with Crippen LogP contribution in [0, 0.1) is 17.6 Å². The molecule has 1 atom stereocenters. The average molecular weight is 311 g/mol. The van der Waals surface area contributed by atoms with Gasteiger partial charge < -0.3 is 5.11 Å². The average Bonchev–Trinajstić information content (AvgIpc) is 2.45. The molecule has 1 unspecified atom stereocenters. The van der Waals surface area contributed by atoms with Gasteiger partial charge in [-0.05, 0) is 36.1 Å². The zero-order valence-electron chi connectivity index (χ0n) is 11.0. The summed E-state index contributed by atoms with van der Waals surface area (Å²) in [5, 5.41) is 9.22. The van der Waals surface area contributed by atoms with Gasteiger partial charge in [0.05, 0.1) is 10.9 Å². The molecule has 0 radical (unpaired) electrons. The van der Waals surface area contributed by atoms with Gasteiger partial charge >= 0.3 is 5.97 Å². The van der Waals surface area contributed by atoms with Crippen molar-refractivity contribution in [3.05, 3.63) is 70.2 Å². The van der Waals surface area contributed by atoms with E-state index in [1.807, 2.05) is 0 Å². The first-order valence-electron chi connectivity index (χ1n) is 6.38. The molecule has 0 aliphatic carbocycles. The molecule has 2 nitrogen and oxygen atoms in total. The Labute approximate surface area is 126 Å². The first-order valence-corrected chi connectivity index (χ1v) is 6.76. The maximum Gasteiger partial charge on any atom is 0.307 e. The highest BCUT2D eigenvalue weighted by Crippen LogP contribution is 2.23. The van der Waals surface area contributed by atoms with E-state index >= 15 is 0 Å². The van der Waals surface area contributed by atoms with E-state index in [1.165, 1.54) is 30.3 Å². The van der Waals surface area contributed by atoms with E-state index in [0.29, 0.717) is 5.56 Å². The molecule has 0 heterocycles. The van der Waals surface area contributed by atoms with Crippen LogP contribution in [-0.4, -0.2) is 11.1 Å². The molecule has 5 heteroatoms. The second-order valence-electron chi connectivity index (χ2n) is 4.75. The van der Waals surface area contributed by atoms with E-state index in [4.69, 9.17) is 11.6 Å². The summed E-state index contributed by atoms with van der Waals surface area (Å²) in [5.74, 6) is -3.11. The number of carboxylic acids is 1. The van der Waals surface area contributed by atoms with Crippen molar-refractivity contribution in [3.8, 4) is 0 Å². The second-order valence-corrected chi connectivity index (χ2v) is 5.15. The lowest BCUT2D eigenvalue weighted by Crippen LogP contribution is -2.20. The third kappa shape index (κ3) is 3.79. The molecule has 0 saturated carbocycles. The van der Waals surface area contributed by atoms with Crippen LogP contribution in [-0.2, 0) is 17.6 Å². The van der Waals surface area contributed by atoms with Gasteiger partial charge in [-0.25, -0.2) is 8.78 Å². The highest BCUT2D eigenvalue weighted by Gasteiger charge is 2.22. The van der Waals surface area contributed by atoms with Gasteiger partial charge in [0.1, 0.15) is 11.6 Å². The number of benzene rings is 2. The smallest absolute Gasteiger partial charge is 0.307 e. The largest absolute Gasteiger partial charge is 0.481 e. The Morgan fingerprint density at radius 3 is 2.33 bits per heavy atom. The third-order valence-electron chi connectivity index (χ3n) is 3.27. The Bertz CT molecular complexity index is 658. The van der Waals surface area contributed by atoms with Crippen LogP contribution in [0.4, 0.5) is 8.78 Å². The molecule has 2 aromatic rings. The van der Waals surface area contributed by atoms with Crippen molar-refractivity contribution in [3.63, 3.8) is 0 Å². The number of carbonyl (C=O) groups is 1. The molecule has 0 fully saturated rings. The van der Waals surface area contributed by atoms with Crippen molar-refractivity contribution in [1.29, 1.82) is 0 Å². The molecular weight excluding hydrogens is 298 g/mol. The third-order valence-corrected chi connectivity index (χ3v) is 3.56. The Balaban J connectivity index is 2.22. The van der Waals surface area contributed by atoms with Crippen molar-refractivity contribution < 1.29 is 18.7 Å². The summed E-state index contributed by atoms with van der Waals surface area (Å²) in [5.41, 5.74) is 0.513. The minimum atomic E-state index is -1.10. The van der Waals surface area contributed by atoms with Crippen molar-refractivity contribution >= 4 is 17.6 Å². The summed E-state index contributed by atoms with van der Waals surface area (Å²) >= 11 is 5.68. The van der Waals surface area contributed by atoms with Gasteiger partial charge in [-0.15, -0.1) is 0 Å². The highest BCUT2D eigenvalue weighted by molar-refractivity contribution is 6.30. The lowest BCUT2D eigenvalue weighted by atomic mass is 9.92. The summed E-state index contributed by atoms with van der Waals surface area (Å²) in [7, 11) is 0. The van der Waals surface area contributed by atoms with Gasteiger partial charge in [-0.3, -0.25) is 4.79 Å². The molecule has 0 bridgehead atoms. The molecule has 0 aliphatic rings. The molecule has 0 spiro atoms. The zero-order valence-corrected chi connectivity index (χ0v) is 11.8. The van der Waals surface area contributed by atoms with Gasteiger partial charge in [0.25, 0.3) is 0 Å². The van der Waals surface area contributed by atoms with Gasteiger partial charge in [0.15, 0.2) is 0 Å². The maximum absolute atomic E-state index is 13.8. The van der Waals surface area contributed by atoms with Crippen molar-refractivity contribution in [1.82, 2.24) is 0 Å². The van der Waals surface area contributed by atoms with Gasteiger partial charge in [0, 0.05) is 0 Å². The molecule has 2 rings (SSSR count). The fourth-order valence-corrected chi connectivity index (χ4v) is 2.34. The normalized spacial score (nSPS) is 12.1. The molecule has 0 aliphatic heterocycles. The van der Waals surface area contributed by atoms with Crippen LogP contribution in [0.5, 0.6) is 0 Å². The predicted molar refractivity (Wildman–Crippen MR) is 76.3 cm³/mol. The zero-order chi connectivity index (χ0) is 15.4. The number of hydrogen-bond donors (Lipinski definition) is 1. The summed E-state index contributed by atoms with van der Waals surface area (Å²) in [6, 6.07) is 10.4. The maximum atomic E-state index is 13.8. The Hall–Kier alpha value is -1.94. The Morgan fingerprint density at radius 2 is 1.67 bits per heavy atom. The number of hydrogen-bond acceptors (Lipinski definition) is 1. The molecule has 0 aromatic heterocycles. The Kier molecular flexibility index (Phi) is 4.91. The highest BCUT2D eigenvalue weighted by atomic mass is 35.5. The number of rotatable bonds is 5. The minimum absolute atomic E-state index is 0.00599. The quantitative estimate of drug-likeness (QED) is 0.902. The molecule has 21 heavy (non-hydrogen) atoms. The molecule has 0 amide bonds. The van der Waals surface area contributed by atoms with Crippen LogP contribution in [0.2, 0.25) is 5.02 Å². The van der Waals surface area contributed by atoms with Gasteiger partial charge in [-0.2, -0.15) is 0 Å². The monoisotopic (exact) mass is 310 g/mol. The van der Waals surface area contributed by atoms with Crippen LogP contribution in [0.1, 0.15) is 11.1 Å². The Morgan fingerprint density at radius 1 is 1.05 bits per heavy atom. The second kappa shape index (κ2) is 6.68. The fraction of sp³-hybridized carbons (Fsp3) is 0.188. The van der Waals surface area contributed by atoms with Gasteiger partial charge in [0.2, 0.25) is 0 Å². The standard InChI is InChI=1S/C16H13ClF2O2/c17-13-6-3-5-11(15(13)19)9-12(16(20)21)8-10-4-1-2-7-14(10)18/h1-7,12H,8-9H2,(H,20,21). The SMILES string of the molecule is O=C(O)C(Cc1ccccc1F)Cc1cccc(Cl)c1F. The van der Waals surface area contributed by atoms with Crippen molar-refractivity contribution in [2.75, 3.05) is 0 Å². The molecule has 110 valence electrons. The number of carboxylic acid groups (broad SMARTS) is 1. The van der Waals surface area contributed by atoms with E-state index in [9.17, 15) is 18.7 Å². The van der Waals surface area contributed by atoms with Crippen LogP contribution in [0.3, 0.4) is 0 Å². The summed E-state index contributed by atoms with van der Waals surface area (Å²) < 4.78 is 27.5. The molecule has 0 saturated heterocycles. The van der Waals surface area contributed by atoms with E-state index in [1.54, 1.807) is 12.1 Å². The van der Waals surface area contributed by atoms with Crippen molar-refractivity contribution in [2.24, 2.45) is 5.92 Å². The van der Waals surface area contributed by atoms with Gasteiger partial charge in [-0.1, -0.05) is 41.9 Å². The number of halogens is 3. The summed E-state index contributed by atoms with van der Waals surface area (Å²) in [6.45, 7) is 0.